The predicted molar refractivity (Wildman–Crippen MR) is 98.0 cm³/mol. The lowest BCUT2D eigenvalue weighted by Crippen LogP contribution is -2.50. The van der Waals surface area contributed by atoms with Crippen molar-refractivity contribution in [1.82, 2.24) is 10.2 Å². The van der Waals surface area contributed by atoms with Crippen molar-refractivity contribution < 1.29 is 0 Å². The molecule has 0 N–H and O–H groups in total. The van der Waals surface area contributed by atoms with Crippen molar-refractivity contribution >= 4 is 27.8 Å². The van der Waals surface area contributed by atoms with Crippen LogP contribution in [0.4, 0.5) is 16.5 Å². The van der Waals surface area contributed by atoms with Gasteiger partial charge in [-0.1, -0.05) is 18.3 Å². The average Bonchev–Trinajstić information content (AvgIpc) is 3.05. The Morgan fingerprint density at radius 3 is 2.92 bits per heavy atom. The summed E-state index contributed by atoms with van der Waals surface area (Å²) in [5, 5.41) is 17.1. The minimum Gasteiger partial charge on any atom is -0.366 e. The van der Waals surface area contributed by atoms with Crippen LogP contribution in [-0.4, -0.2) is 22.3 Å². The third kappa shape index (κ3) is 2.44. The minimum absolute atomic E-state index is 0.226. The van der Waals surface area contributed by atoms with Crippen LogP contribution in [0.15, 0.2) is 21.8 Å². The fourth-order valence-electron chi connectivity index (χ4n) is 4.34. The molecule has 0 radical (unpaired) electrons. The Bertz CT molecular complexity index is 794. The fourth-order valence-corrected chi connectivity index (χ4v) is 4.71. The maximum absolute atomic E-state index is 4.50. The van der Waals surface area contributed by atoms with E-state index in [0.717, 1.165) is 18.7 Å². The highest BCUT2D eigenvalue weighted by Crippen LogP contribution is 2.50. The summed E-state index contributed by atoms with van der Waals surface area (Å²) in [6.45, 7) is 10.4. The summed E-state index contributed by atoms with van der Waals surface area (Å²) in [7, 11) is 0. The molecular weight excluding hydrogens is 318 g/mol. The number of anilines is 1. The molecule has 0 bridgehead atoms. The molecule has 1 atom stereocenters. The van der Waals surface area contributed by atoms with Crippen LogP contribution in [0.1, 0.15) is 56.2 Å². The normalized spacial score (nSPS) is 22.0. The lowest BCUT2D eigenvalue weighted by atomic mass is 9.76. The number of rotatable bonds is 2. The van der Waals surface area contributed by atoms with Crippen molar-refractivity contribution in [2.75, 3.05) is 11.4 Å². The first-order valence-corrected chi connectivity index (χ1v) is 9.47. The molecule has 3 heterocycles. The molecule has 0 saturated heterocycles. The van der Waals surface area contributed by atoms with Gasteiger partial charge in [-0.25, -0.2) is 0 Å². The standard InChI is InChI=1S/C18H23N5S/c1-11-9-18(3,4)23-7-5-6-13-12(2)15(8-14(11)16(13)23)20-22-17-21-19-10-24-17/h8,10-11H,5-7,9H2,1-4H3. The van der Waals surface area contributed by atoms with Gasteiger partial charge in [0.2, 0.25) is 0 Å². The van der Waals surface area contributed by atoms with Gasteiger partial charge in [-0.05, 0) is 68.7 Å². The highest BCUT2D eigenvalue weighted by Gasteiger charge is 2.39. The number of azo groups is 1. The molecule has 2 aliphatic heterocycles. The molecule has 2 aliphatic rings. The number of hydrogen-bond acceptors (Lipinski definition) is 6. The number of aromatic nitrogens is 2. The number of hydrogen-bond donors (Lipinski definition) is 0. The predicted octanol–water partition coefficient (Wildman–Crippen LogP) is 5.30. The van der Waals surface area contributed by atoms with E-state index in [-0.39, 0.29) is 5.54 Å². The zero-order valence-corrected chi connectivity index (χ0v) is 15.5. The van der Waals surface area contributed by atoms with Gasteiger partial charge < -0.3 is 4.90 Å². The quantitative estimate of drug-likeness (QED) is 0.696. The van der Waals surface area contributed by atoms with Crippen molar-refractivity contribution in [2.45, 2.75) is 58.4 Å². The van der Waals surface area contributed by atoms with E-state index in [2.05, 4.69) is 59.1 Å². The zero-order chi connectivity index (χ0) is 16.9. The first-order chi connectivity index (χ1) is 11.5. The molecule has 4 rings (SSSR count). The van der Waals surface area contributed by atoms with Crippen LogP contribution in [0.5, 0.6) is 0 Å². The molecule has 1 unspecified atom stereocenters. The molecule has 126 valence electrons. The number of benzene rings is 1. The summed E-state index contributed by atoms with van der Waals surface area (Å²) in [5.74, 6) is 0.541. The molecule has 5 nitrogen and oxygen atoms in total. The Morgan fingerprint density at radius 2 is 2.17 bits per heavy atom. The topological polar surface area (TPSA) is 53.7 Å². The highest BCUT2D eigenvalue weighted by molar-refractivity contribution is 7.13. The summed E-state index contributed by atoms with van der Waals surface area (Å²) >= 11 is 1.41. The van der Waals surface area contributed by atoms with Crippen LogP contribution in [0, 0.1) is 6.92 Å². The van der Waals surface area contributed by atoms with Crippen molar-refractivity contribution in [2.24, 2.45) is 10.2 Å². The van der Waals surface area contributed by atoms with Gasteiger partial charge in [-0.3, -0.25) is 0 Å². The van der Waals surface area contributed by atoms with Crippen LogP contribution < -0.4 is 4.90 Å². The lowest BCUT2D eigenvalue weighted by Gasteiger charge is -2.50. The largest absolute Gasteiger partial charge is 0.366 e. The smallest absolute Gasteiger partial charge is 0.251 e. The second-order valence-electron chi connectivity index (χ2n) is 7.53. The summed E-state index contributed by atoms with van der Waals surface area (Å²) in [5.41, 5.74) is 8.51. The molecular formula is C18H23N5S. The van der Waals surface area contributed by atoms with Gasteiger partial charge >= 0.3 is 0 Å². The Hall–Kier alpha value is -1.82. The summed E-state index contributed by atoms with van der Waals surface area (Å²) in [6.07, 6.45) is 3.52. The third-order valence-electron chi connectivity index (χ3n) is 5.43. The summed E-state index contributed by atoms with van der Waals surface area (Å²) in [4.78, 5) is 2.62. The fraction of sp³-hybridized carbons (Fsp3) is 0.556. The van der Waals surface area contributed by atoms with Crippen LogP contribution >= 0.6 is 11.3 Å². The Kier molecular flexibility index (Phi) is 3.67. The van der Waals surface area contributed by atoms with Gasteiger partial charge in [0.15, 0.2) is 0 Å². The Balaban J connectivity index is 1.85. The molecule has 1 aromatic carbocycles. The van der Waals surface area contributed by atoms with E-state index in [9.17, 15) is 0 Å². The van der Waals surface area contributed by atoms with Crippen molar-refractivity contribution in [1.29, 1.82) is 0 Å². The maximum atomic E-state index is 4.50. The van der Waals surface area contributed by atoms with E-state index in [1.807, 2.05) is 0 Å². The molecule has 0 aliphatic carbocycles. The van der Waals surface area contributed by atoms with Crippen LogP contribution in [0.2, 0.25) is 0 Å². The molecule has 1 aromatic heterocycles. The van der Waals surface area contributed by atoms with Crippen molar-refractivity contribution in [3.8, 4) is 0 Å². The number of nitrogens with zero attached hydrogens (tertiary/aromatic N) is 5. The molecule has 2 aromatic rings. The van der Waals surface area contributed by atoms with E-state index in [1.54, 1.807) is 5.51 Å². The van der Waals surface area contributed by atoms with E-state index < -0.39 is 0 Å². The second-order valence-corrected chi connectivity index (χ2v) is 8.34. The van der Waals surface area contributed by atoms with Crippen molar-refractivity contribution in [3.63, 3.8) is 0 Å². The monoisotopic (exact) mass is 341 g/mol. The molecule has 0 amide bonds. The molecule has 0 spiro atoms. The van der Waals surface area contributed by atoms with Crippen LogP contribution in [-0.2, 0) is 6.42 Å². The third-order valence-corrected chi connectivity index (χ3v) is 6.00. The summed E-state index contributed by atoms with van der Waals surface area (Å²) < 4.78 is 0. The minimum atomic E-state index is 0.226. The first kappa shape index (κ1) is 15.7. The zero-order valence-electron chi connectivity index (χ0n) is 14.7. The second kappa shape index (κ2) is 5.62. The van der Waals surface area contributed by atoms with Gasteiger partial charge in [-0.15, -0.1) is 20.4 Å². The van der Waals surface area contributed by atoms with E-state index >= 15 is 0 Å². The molecule has 0 saturated carbocycles. The molecule has 0 fully saturated rings. The van der Waals surface area contributed by atoms with Gasteiger partial charge in [-0.2, -0.15) is 0 Å². The Labute approximate surface area is 146 Å². The van der Waals surface area contributed by atoms with Gasteiger partial charge in [0.1, 0.15) is 5.51 Å². The van der Waals surface area contributed by atoms with Crippen LogP contribution in [0.25, 0.3) is 0 Å². The summed E-state index contributed by atoms with van der Waals surface area (Å²) in [6, 6.07) is 2.25. The van der Waals surface area contributed by atoms with Gasteiger partial charge in [0, 0.05) is 17.8 Å². The van der Waals surface area contributed by atoms with Crippen LogP contribution in [0.3, 0.4) is 0 Å². The average molecular weight is 341 g/mol. The van der Waals surface area contributed by atoms with E-state index in [1.165, 1.54) is 46.6 Å². The first-order valence-electron chi connectivity index (χ1n) is 8.59. The van der Waals surface area contributed by atoms with Gasteiger partial charge in [0.05, 0.1) is 5.69 Å². The lowest BCUT2D eigenvalue weighted by molar-refractivity contribution is 0.366. The van der Waals surface area contributed by atoms with E-state index in [4.69, 9.17) is 0 Å². The maximum Gasteiger partial charge on any atom is 0.251 e. The van der Waals surface area contributed by atoms with Crippen molar-refractivity contribution in [3.05, 3.63) is 28.3 Å². The SMILES string of the molecule is Cc1c(N=Nc2nncs2)cc2c3c1CCCN3C(C)(C)CC2C. The van der Waals surface area contributed by atoms with E-state index in [0.29, 0.717) is 11.0 Å². The Morgan fingerprint density at radius 1 is 1.33 bits per heavy atom. The van der Waals surface area contributed by atoms with Gasteiger partial charge in [0.25, 0.3) is 5.13 Å². The molecule has 6 heteroatoms. The molecule has 24 heavy (non-hydrogen) atoms. The highest BCUT2D eigenvalue weighted by atomic mass is 32.1.